The predicted molar refractivity (Wildman–Crippen MR) is 28.0 cm³/mol. The summed E-state index contributed by atoms with van der Waals surface area (Å²) in [5.41, 5.74) is 0. The Morgan fingerprint density at radius 3 is 1.80 bits per heavy atom. The van der Waals surface area contributed by atoms with E-state index in [0.717, 1.165) is 0 Å². The quantitative estimate of drug-likeness (QED) is 0.578. The molecule has 0 bridgehead atoms. The van der Waals surface area contributed by atoms with E-state index in [1.165, 1.54) is 6.92 Å². The topological polar surface area (TPSA) is 20.2 Å². The average molecular weight is 210 g/mol. The monoisotopic (exact) mass is 210 g/mol. The molecule has 0 aliphatic carbocycles. The molecule has 0 aliphatic rings. The van der Waals surface area contributed by atoms with Crippen molar-refractivity contribution in [3.05, 3.63) is 0 Å². The van der Waals surface area contributed by atoms with Crippen LogP contribution in [-0.2, 0) is 0 Å². The van der Waals surface area contributed by atoms with Gasteiger partial charge in [-0.2, -0.15) is 0 Å². The third-order valence-corrected chi connectivity index (χ3v) is 0. The standard InChI is InChI=1S/C2H4OS.Cs.H/c1-2(3)4;;/h1H3,(H,3,4);;. The molecule has 0 saturated heterocycles. The van der Waals surface area contributed by atoms with E-state index in [1.54, 1.807) is 0 Å². The van der Waals surface area contributed by atoms with E-state index < -0.39 is 0 Å². The predicted octanol–water partition coefficient (Wildman–Crippen LogP) is 0.243. The molecule has 1 N–H and O–H groups in total. The Kier molecular flexibility index (Phi) is 11.9. The zero-order chi connectivity index (χ0) is 3.58. The molecule has 0 aromatic rings. The summed E-state index contributed by atoms with van der Waals surface area (Å²) in [6.07, 6.45) is 0. The second-order valence-electron chi connectivity index (χ2n) is 0.519. The van der Waals surface area contributed by atoms with Gasteiger partial charge in [-0.3, -0.25) is 0 Å². The number of thiocarbonyl (C=S) groups is 1. The molecule has 1 nitrogen and oxygen atoms in total. The minimum atomic E-state index is 0. The third-order valence-electron chi connectivity index (χ3n) is 0. The van der Waals surface area contributed by atoms with Crippen LogP contribution >= 0.6 is 12.2 Å². The van der Waals surface area contributed by atoms with Gasteiger partial charge in [-0.05, 0) is 12.2 Å². The first-order chi connectivity index (χ1) is 1.73. The van der Waals surface area contributed by atoms with E-state index in [9.17, 15) is 0 Å². The van der Waals surface area contributed by atoms with Crippen molar-refractivity contribution in [2.75, 3.05) is 0 Å². The van der Waals surface area contributed by atoms with Crippen molar-refractivity contribution >= 4 is 86.2 Å². The van der Waals surface area contributed by atoms with Crippen molar-refractivity contribution in [2.24, 2.45) is 0 Å². The summed E-state index contributed by atoms with van der Waals surface area (Å²) < 4.78 is 0. The fourth-order valence-corrected chi connectivity index (χ4v) is 0. The summed E-state index contributed by atoms with van der Waals surface area (Å²) in [5, 5.41) is 7.79. The van der Waals surface area contributed by atoms with Crippen LogP contribution in [0.25, 0.3) is 0 Å². The van der Waals surface area contributed by atoms with Crippen molar-refractivity contribution in [3.8, 4) is 0 Å². The van der Waals surface area contributed by atoms with Crippen LogP contribution in [0.5, 0.6) is 0 Å². The number of aliphatic hydroxyl groups is 1. The fourth-order valence-electron chi connectivity index (χ4n) is 0. The van der Waals surface area contributed by atoms with Gasteiger partial charge in [0.15, 0.2) is 5.05 Å². The summed E-state index contributed by atoms with van der Waals surface area (Å²) in [5.74, 6) is 0. The van der Waals surface area contributed by atoms with Crippen molar-refractivity contribution < 1.29 is 5.11 Å². The van der Waals surface area contributed by atoms with Gasteiger partial charge >= 0.3 is 68.9 Å². The molecule has 3 heteroatoms. The molecular weight excluding hydrogens is 205 g/mol. The molecule has 0 atom stereocenters. The van der Waals surface area contributed by atoms with Gasteiger partial charge in [0.1, 0.15) is 0 Å². The number of hydrogen-bond acceptors (Lipinski definition) is 1. The summed E-state index contributed by atoms with van der Waals surface area (Å²) in [6.45, 7) is 1.45. The Morgan fingerprint density at radius 2 is 1.80 bits per heavy atom. The Labute approximate surface area is 95.6 Å². The molecule has 0 aromatic carbocycles. The Bertz CT molecular complexity index is 32.6. The molecule has 0 aromatic heterocycles. The second-order valence-corrected chi connectivity index (χ2v) is 1.11. The normalized spacial score (nSPS) is 5.00. The fraction of sp³-hybridized carbons (Fsp3) is 0.500. The van der Waals surface area contributed by atoms with Gasteiger partial charge in [-0.1, -0.05) is 0 Å². The van der Waals surface area contributed by atoms with E-state index in [-0.39, 0.29) is 73.9 Å². The SMILES string of the molecule is CC(O)=S.[CsH]. The molecule has 0 fully saturated rings. The number of hydrogen-bond donors (Lipinski definition) is 1. The Hall–Kier alpha value is 1.94. The zero-order valence-electron chi connectivity index (χ0n) is 2.36. The first-order valence-electron chi connectivity index (χ1n) is 0.928. The van der Waals surface area contributed by atoms with Gasteiger partial charge in [0.05, 0.1) is 0 Å². The van der Waals surface area contributed by atoms with Gasteiger partial charge < -0.3 is 5.11 Å². The molecule has 0 aliphatic heterocycles. The maximum absolute atomic E-state index is 7.79. The molecule has 0 spiro atoms. The molecule has 26 valence electrons. The van der Waals surface area contributed by atoms with Gasteiger partial charge in [-0.15, -0.1) is 0 Å². The van der Waals surface area contributed by atoms with Crippen LogP contribution in [0, 0.1) is 0 Å². The molecule has 0 rings (SSSR count). The first-order valence-corrected chi connectivity index (χ1v) is 1.34. The molecule has 0 radical (unpaired) electrons. The van der Waals surface area contributed by atoms with E-state index in [1.807, 2.05) is 0 Å². The van der Waals surface area contributed by atoms with Crippen LogP contribution in [-0.4, -0.2) is 79.1 Å². The van der Waals surface area contributed by atoms with Crippen LogP contribution in [0.3, 0.4) is 0 Å². The van der Waals surface area contributed by atoms with Gasteiger partial charge in [0.25, 0.3) is 0 Å². The van der Waals surface area contributed by atoms with E-state index in [2.05, 4.69) is 12.2 Å². The summed E-state index contributed by atoms with van der Waals surface area (Å²) in [4.78, 5) is 0. The second kappa shape index (κ2) is 5.94. The molecule has 5 heavy (non-hydrogen) atoms. The van der Waals surface area contributed by atoms with Crippen molar-refractivity contribution in [3.63, 3.8) is 0 Å². The van der Waals surface area contributed by atoms with Crippen molar-refractivity contribution in [2.45, 2.75) is 6.92 Å². The minimum absolute atomic E-state index is 0. The Balaban J connectivity index is 0. The molecule has 0 heterocycles. The van der Waals surface area contributed by atoms with Crippen LogP contribution in [0.1, 0.15) is 6.92 Å². The van der Waals surface area contributed by atoms with Crippen LogP contribution < -0.4 is 0 Å². The summed E-state index contributed by atoms with van der Waals surface area (Å²) in [7, 11) is 0. The van der Waals surface area contributed by atoms with E-state index in [0.29, 0.717) is 0 Å². The van der Waals surface area contributed by atoms with E-state index >= 15 is 0 Å². The van der Waals surface area contributed by atoms with Crippen LogP contribution in [0.2, 0.25) is 0 Å². The van der Waals surface area contributed by atoms with Crippen molar-refractivity contribution in [1.29, 1.82) is 0 Å². The maximum atomic E-state index is 7.79. The van der Waals surface area contributed by atoms with E-state index in [4.69, 9.17) is 5.11 Å². The molecule has 0 amide bonds. The molecular formula is C2H5CsOS. The average Bonchev–Trinajstić information content (AvgIpc) is 0.811. The van der Waals surface area contributed by atoms with Gasteiger partial charge in [0.2, 0.25) is 0 Å². The van der Waals surface area contributed by atoms with Crippen LogP contribution in [0.15, 0.2) is 0 Å². The number of aliphatic hydroxyl groups excluding tert-OH is 1. The van der Waals surface area contributed by atoms with Gasteiger partial charge in [0, 0.05) is 6.92 Å². The summed E-state index contributed by atoms with van der Waals surface area (Å²) >= 11 is 4.09. The number of rotatable bonds is 0. The molecule has 0 saturated carbocycles. The van der Waals surface area contributed by atoms with Crippen molar-refractivity contribution in [1.82, 2.24) is 0 Å². The van der Waals surface area contributed by atoms with Crippen LogP contribution in [0.4, 0.5) is 0 Å². The Morgan fingerprint density at radius 1 is 1.80 bits per heavy atom. The zero-order valence-corrected chi connectivity index (χ0v) is 3.17. The molecule has 0 unspecified atom stereocenters. The summed E-state index contributed by atoms with van der Waals surface area (Å²) in [6, 6.07) is 0. The van der Waals surface area contributed by atoms with Gasteiger partial charge in [-0.25, -0.2) is 0 Å². The third kappa shape index (κ3) is 24.5. The first kappa shape index (κ1) is 10.0.